The van der Waals surface area contributed by atoms with Gasteiger partial charge in [-0.3, -0.25) is 4.98 Å². The average Bonchev–Trinajstić information content (AvgIpc) is 2.15. The van der Waals surface area contributed by atoms with Crippen molar-refractivity contribution >= 4 is 11.1 Å². The quantitative estimate of drug-likeness (QED) is 0.754. The molecule has 0 amide bonds. The van der Waals surface area contributed by atoms with Crippen molar-refractivity contribution in [2.45, 2.75) is 31.1 Å². The highest BCUT2D eigenvalue weighted by atomic mass is 32.2. The molecule has 0 saturated heterocycles. The summed E-state index contributed by atoms with van der Waals surface area (Å²) in [5, 5.41) is 0. The fourth-order valence-corrected chi connectivity index (χ4v) is 1.67. The highest BCUT2D eigenvalue weighted by Gasteiger charge is 2.06. The topological polar surface area (TPSA) is 50.2 Å². The molecule has 0 aromatic carbocycles. The van der Waals surface area contributed by atoms with Crippen molar-refractivity contribution in [1.29, 1.82) is 0 Å². The minimum atomic E-state index is -1.91. The van der Waals surface area contributed by atoms with Gasteiger partial charge in [0.15, 0.2) is 11.1 Å². The molecule has 13 heavy (non-hydrogen) atoms. The summed E-state index contributed by atoms with van der Waals surface area (Å²) < 4.78 is 19.8. The minimum Gasteiger partial charge on any atom is -0.302 e. The van der Waals surface area contributed by atoms with Crippen LogP contribution in [0.5, 0.6) is 0 Å². The zero-order chi connectivity index (χ0) is 9.68. The van der Waals surface area contributed by atoms with E-state index < -0.39 is 11.1 Å². The first-order chi connectivity index (χ1) is 6.25. The number of unbranched alkanes of at least 4 members (excludes halogenated alkanes) is 1. The van der Waals surface area contributed by atoms with E-state index >= 15 is 0 Å². The third kappa shape index (κ3) is 2.90. The Kier molecular flexibility index (Phi) is 4.05. The van der Waals surface area contributed by atoms with Crippen LogP contribution in [0.2, 0.25) is 0 Å². The van der Waals surface area contributed by atoms with Crippen molar-refractivity contribution in [3.05, 3.63) is 24.0 Å². The zero-order valence-corrected chi connectivity index (χ0v) is 8.38. The molecule has 3 nitrogen and oxygen atoms in total. The molecule has 1 atom stereocenters. The molecule has 1 rings (SSSR count). The number of nitrogens with zero attached hydrogens (tertiary/aromatic N) is 1. The highest BCUT2D eigenvalue weighted by Crippen LogP contribution is 2.11. The molecule has 1 aromatic heterocycles. The fraction of sp³-hybridized carbons (Fsp3) is 0.444. The van der Waals surface area contributed by atoms with Gasteiger partial charge < -0.3 is 4.55 Å². The van der Waals surface area contributed by atoms with E-state index in [0.717, 1.165) is 25.0 Å². The van der Waals surface area contributed by atoms with Crippen LogP contribution >= 0.6 is 0 Å². The number of hydrogen-bond donors (Lipinski definition) is 1. The second-order valence-corrected chi connectivity index (χ2v) is 3.74. The second-order valence-electron chi connectivity index (χ2n) is 2.80. The van der Waals surface area contributed by atoms with Crippen LogP contribution < -0.4 is 0 Å². The van der Waals surface area contributed by atoms with E-state index in [4.69, 9.17) is 4.55 Å². The maximum absolute atomic E-state index is 10.9. The van der Waals surface area contributed by atoms with Gasteiger partial charge in [0.25, 0.3) is 0 Å². The van der Waals surface area contributed by atoms with E-state index in [-0.39, 0.29) is 0 Å². The van der Waals surface area contributed by atoms with Crippen molar-refractivity contribution in [1.82, 2.24) is 4.98 Å². The largest absolute Gasteiger partial charge is 0.302 e. The molecule has 0 spiro atoms. The van der Waals surface area contributed by atoms with Crippen LogP contribution in [-0.2, 0) is 17.5 Å². The van der Waals surface area contributed by atoms with E-state index in [1.807, 2.05) is 0 Å². The molecular formula is C9H13NO2S. The standard InChI is InChI=1S/C9H13NO2S/c1-2-3-5-8-9(13(11)12)6-4-7-10-8/h4,6-7H,2-3,5H2,1H3,(H,11,12). The molecule has 0 radical (unpaired) electrons. The Bertz CT molecular complexity index is 301. The van der Waals surface area contributed by atoms with Gasteiger partial charge in [-0.2, -0.15) is 0 Å². The molecular weight excluding hydrogens is 186 g/mol. The minimum absolute atomic E-state index is 0.441. The number of pyridine rings is 1. The molecule has 4 heteroatoms. The predicted molar refractivity (Wildman–Crippen MR) is 51.9 cm³/mol. The number of rotatable bonds is 4. The molecule has 0 saturated carbocycles. The van der Waals surface area contributed by atoms with Crippen LogP contribution in [-0.4, -0.2) is 13.7 Å². The molecule has 0 bridgehead atoms. The summed E-state index contributed by atoms with van der Waals surface area (Å²) >= 11 is -1.91. The van der Waals surface area contributed by atoms with Crippen molar-refractivity contribution in [2.24, 2.45) is 0 Å². The van der Waals surface area contributed by atoms with Crippen molar-refractivity contribution in [3.63, 3.8) is 0 Å². The van der Waals surface area contributed by atoms with Gasteiger partial charge in [-0.15, -0.1) is 0 Å². The summed E-state index contributed by atoms with van der Waals surface area (Å²) in [4.78, 5) is 4.53. The van der Waals surface area contributed by atoms with Gasteiger partial charge >= 0.3 is 0 Å². The van der Waals surface area contributed by atoms with E-state index in [1.54, 1.807) is 18.3 Å². The summed E-state index contributed by atoms with van der Waals surface area (Å²) in [6, 6.07) is 3.33. The summed E-state index contributed by atoms with van der Waals surface area (Å²) in [5.74, 6) is 0. The van der Waals surface area contributed by atoms with Crippen LogP contribution in [0.4, 0.5) is 0 Å². The van der Waals surface area contributed by atoms with Gasteiger partial charge in [0, 0.05) is 6.20 Å². The van der Waals surface area contributed by atoms with Gasteiger partial charge in [-0.25, -0.2) is 4.21 Å². The van der Waals surface area contributed by atoms with Gasteiger partial charge in [-0.05, 0) is 25.0 Å². The van der Waals surface area contributed by atoms with Crippen molar-refractivity contribution in [2.75, 3.05) is 0 Å². The van der Waals surface area contributed by atoms with E-state index in [9.17, 15) is 4.21 Å². The lowest BCUT2D eigenvalue weighted by molar-refractivity contribution is 0.561. The number of aryl methyl sites for hydroxylation is 1. The summed E-state index contributed by atoms with van der Waals surface area (Å²) in [6.45, 7) is 2.08. The smallest absolute Gasteiger partial charge is 0.188 e. The molecule has 1 aromatic rings. The summed E-state index contributed by atoms with van der Waals surface area (Å²) in [6.07, 6.45) is 4.50. The number of aromatic nitrogens is 1. The molecule has 1 N–H and O–H groups in total. The van der Waals surface area contributed by atoms with E-state index in [2.05, 4.69) is 11.9 Å². The highest BCUT2D eigenvalue weighted by molar-refractivity contribution is 7.79. The molecule has 0 fully saturated rings. The molecule has 0 aliphatic heterocycles. The third-order valence-corrected chi connectivity index (χ3v) is 2.55. The molecule has 1 unspecified atom stereocenters. The Morgan fingerprint density at radius 3 is 3.00 bits per heavy atom. The summed E-state index contributed by atoms with van der Waals surface area (Å²) in [7, 11) is 0. The average molecular weight is 199 g/mol. The van der Waals surface area contributed by atoms with Crippen LogP contribution in [0, 0.1) is 0 Å². The van der Waals surface area contributed by atoms with Gasteiger partial charge in [0.1, 0.15) is 0 Å². The van der Waals surface area contributed by atoms with E-state index in [0.29, 0.717) is 4.90 Å². The Hall–Kier alpha value is -0.740. The third-order valence-electron chi connectivity index (χ3n) is 1.80. The predicted octanol–water partition coefficient (Wildman–Crippen LogP) is 2.00. The van der Waals surface area contributed by atoms with Crippen molar-refractivity contribution in [3.8, 4) is 0 Å². The van der Waals surface area contributed by atoms with Crippen LogP contribution in [0.3, 0.4) is 0 Å². The Morgan fingerprint density at radius 2 is 2.38 bits per heavy atom. The Morgan fingerprint density at radius 1 is 1.62 bits per heavy atom. The lowest BCUT2D eigenvalue weighted by Crippen LogP contribution is -1.99. The van der Waals surface area contributed by atoms with Crippen LogP contribution in [0.25, 0.3) is 0 Å². The first kappa shape index (κ1) is 10.3. The molecule has 0 aliphatic carbocycles. The maximum Gasteiger partial charge on any atom is 0.188 e. The van der Waals surface area contributed by atoms with Gasteiger partial charge in [0.2, 0.25) is 0 Å². The second kappa shape index (κ2) is 5.09. The summed E-state index contributed by atoms with van der Waals surface area (Å²) in [5.41, 5.74) is 0.741. The SMILES string of the molecule is CCCCc1ncccc1S(=O)O. The molecule has 1 heterocycles. The number of hydrogen-bond acceptors (Lipinski definition) is 2. The van der Waals surface area contributed by atoms with Gasteiger partial charge in [-0.1, -0.05) is 13.3 Å². The Labute approximate surface area is 80.5 Å². The Balaban J connectivity index is 2.84. The van der Waals surface area contributed by atoms with Crippen LogP contribution in [0.15, 0.2) is 23.2 Å². The van der Waals surface area contributed by atoms with E-state index in [1.165, 1.54) is 0 Å². The molecule has 72 valence electrons. The molecule has 0 aliphatic rings. The fourth-order valence-electron chi connectivity index (χ4n) is 1.11. The monoisotopic (exact) mass is 199 g/mol. The lowest BCUT2D eigenvalue weighted by atomic mass is 10.2. The van der Waals surface area contributed by atoms with Crippen molar-refractivity contribution < 1.29 is 8.76 Å². The maximum atomic E-state index is 10.9. The lowest BCUT2D eigenvalue weighted by Gasteiger charge is -2.02. The first-order valence-electron chi connectivity index (χ1n) is 4.30. The van der Waals surface area contributed by atoms with Crippen LogP contribution in [0.1, 0.15) is 25.5 Å². The van der Waals surface area contributed by atoms with Gasteiger partial charge in [0.05, 0.1) is 10.6 Å². The first-order valence-corrected chi connectivity index (χ1v) is 5.41. The zero-order valence-electron chi connectivity index (χ0n) is 7.56. The normalized spacial score (nSPS) is 12.8.